The Kier molecular flexibility index (Phi) is 15.8. The van der Waals surface area contributed by atoms with E-state index in [4.69, 9.17) is 0 Å². The molecule has 0 radical (unpaired) electrons. The normalized spacial score (nSPS) is 24.4. The van der Waals surface area contributed by atoms with E-state index in [9.17, 15) is 10.2 Å². The number of hydrogen-bond donors (Lipinski definition) is 2. The summed E-state index contributed by atoms with van der Waals surface area (Å²) in [5.41, 5.74) is 1.36. The summed E-state index contributed by atoms with van der Waals surface area (Å²) in [4.78, 5) is 0. The van der Waals surface area contributed by atoms with Gasteiger partial charge in [0.05, 0.1) is 12.2 Å². The third-order valence-electron chi connectivity index (χ3n) is 5.44. The van der Waals surface area contributed by atoms with Gasteiger partial charge in [0.1, 0.15) is 0 Å². The van der Waals surface area contributed by atoms with Crippen LogP contribution in [0.1, 0.15) is 91.9 Å². The molecule has 0 unspecified atom stereocenters. The molecule has 0 saturated heterocycles. The highest BCUT2D eigenvalue weighted by molar-refractivity contribution is 5.09. The van der Waals surface area contributed by atoms with Gasteiger partial charge in [0.25, 0.3) is 0 Å². The Morgan fingerprint density at radius 1 is 1.15 bits per heavy atom. The molecular formula is C24H44O2. The molecule has 1 fully saturated rings. The van der Waals surface area contributed by atoms with Crippen LogP contribution in [-0.2, 0) is 0 Å². The maximum Gasteiger partial charge on any atom is 0.0574 e. The molecule has 1 saturated carbocycles. The van der Waals surface area contributed by atoms with Gasteiger partial charge in [-0.2, -0.15) is 0 Å². The van der Waals surface area contributed by atoms with E-state index in [1.165, 1.54) is 12.0 Å². The second-order valence-corrected chi connectivity index (χ2v) is 7.25. The van der Waals surface area contributed by atoms with E-state index in [-0.39, 0.29) is 12.2 Å². The Morgan fingerprint density at radius 2 is 1.88 bits per heavy atom. The van der Waals surface area contributed by atoms with Gasteiger partial charge < -0.3 is 10.2 Å². The number of aliphatic hydroxyl groups excluding tert-OH is 2. The van der Waals surface area contributed by atoms with E-state index < -0.39 is 0 Å². The summed E-state index contributed by atoms with van der Waals surface area (Å²) in [6, 6.07) is 0. The van der Waals surface area contributed by atoms with Crippen LogP contribution in [0.5, 0.6) is 0 Å². The van der Waals surface area contributed by atoms with Gasteiger partial charge in [-0.15, -0.1) is 0 Å². The lowest BCUT2D eigenvalue weighted by Crippen LogP contribution is -2.20. The number of aliphatic hydroxyl groups is 2. The SMILES string of the molecule is C=C/C=C(\CC)CC[C@H](O)CC[C@H]1CC[C@H](O)[C@@H]1C/C=C\CCC.CC. The molecule has 0 amide bonds. The number of hydrogen-bond acceptors (Lipinski definition) is 2. The van der Waals surface area contributed by atoms with Crippen LogP contribution >= 0.6 is 0 Å². The number of rotatable bonds is 12. The lowest BCUT2D eigenvalue weighted by atomic mass is 9.86. The molecule has 2 nitrogen and oxygen atoms in total. The lowest BCUT2D eigenvalue weighted by molar-refractivity contribution is 0.105. The van der Waals surface area contributed by atoms with Gasteiger partial charge in [0, 0.05) is 0 Å². The van der Waals surface area contributed by atoms with Gasteiger partial charge in [0.15, 0.2) is 0 Å². The zero-order valence-electron chi connectivity index (χ0n) is 17.8. The summed E-state index contributed by atoms with van der Waals surface area (Å²) in [5.74, 6) is 0.951. The number of unbranched alkanes of at least 4 members (excludes halogenated alkanes) is 1. The van der Waals surface area contributed by atoms with E-state index in [0.717, 1.165) is 57.8 Å². The van der Waals surface area contributed by atoms with Crippen LogP contribution in [0.3, 0.4) is 0 Å². The molecule has 152 valence electrons. The molecule has 0 aliphatic heterocycles. The van der Waals surface area contributed by atoms with Crippen molar-refractivity contribution in [3.8, 4) is 0 Å². The molecule has 0 heterocycles. The zero-order valence-corrected chi connectivity index (χ0v) is 17.8. The first-order chi connectivity index (χ1) is 12.6. The van der Waals surface area contributed by atoms with Crippen molar-refractivity contribution in [1.29, 1.82) is 0 Å². The second kappa shape index (κ2) is 16.3. The Morgan fingerprint density at radius 3 is 2.50 bits per heavy atom. The molecule has 1 aliphatic carbocycles. The Bertz CT molecular complexity index is 397. The molecule has 0 aromatic carbocycles. The lowest BCUT2D eigenvalue weighted by Gasteiger charge is -2.22. The van der Waals surface area contributed by atoms with E-state index >= 15 is 0 Å². The third kappa shape index (κ3) is 10.3. The quantitative estimate of drug-likeness (QED) is 0.303. The third-order valence-corrected chi connectivity index (χ3v) is 5.44. The zero-order chi connectivity index (χ0) is 19.8. The van der Waals surface area contributed by atoms with Crippen LogP contribution in [0.15, 0.2) is 36.5 Å². The van der Waals surface area contributed by atoms with Crippen LogP contribution in [0.2, 0.25) is 0 Å². The van der Waals surface area contributed by atoms with Crippen molar-refractivity contribution in [2.24, 2.45) is 11.8 Å². The summed E-state index contributed by atoms with van der Waals surface area (Å²) in [6.07, 6.45) is 18.1. The Labute approximate surface area is 163 Å². The van der Waals surface area contributed by atoms with Crippen LogP contribution in [0.25, 0.3) is 0 Å². The van der Waals surface area contributed by atoms with E-state index in [0.29, 0.717) is 11.8 Å². The van der Waals surface area contributed by atoms with E-state index in [1.54, 1.807) is 0 Å². The van der Waals surface area contributed by atoms with Gasteiger partial charge >= 0.3 is 0 Å². The highest BCUT2D eigenvalue weighted by atomic mass is 16.3. The van der Waals surface area contributed by atoms with Gasteiger partial charge in [-0.05, 0) is 69.6 Å². The number of allylic oxidation sites excluding steroid dienone is 5. The molecule has 1 aliphatic rings. The van der Waals surface area contributed by atoms with Crippen LogP contribution in [-0.4, -0.2) is 22.4 Å². The Balaban J connectivity index is 0.00000301. The van der Waals surface area contributed by atoms with Crippen molar-refractivity contribution >= 4 is 0 Å². The van der Waals surface area contributed by atoms with Gasteiger partial charge in [-0.3, -0.25) is 0 Å². The van der Waals surface area contributed by atoms with Crippen molar-refractivity contribution in [1.82, 2.24) is 0 Å². The first-order valence-corrected chi connectivity index (χ1v) is 10.9. The summed E-state index contributed by atoms with van der Waals surface area (Å²) in [6.45, 7) is 12.1. The highest BCUT2D eigenvalue weighted by Gasteiger charge is 2.33. The molecule has 26 heavy (non-hydrogen) atoms. The highest BCUT2D eigenvalue weighted by Crippen LogP contribution is 2.38. The first kappa shape index (κ1) is 25.1. The van der Waals surface area contributed by atoms with E-state index in [1.807, 2.05) is 19.9 Å². The van der Waals surface area contributed by atoms with Crippen molar-refractivity contribution in [2.45, 2.75) is 104 Å². The fraction of sp³-hybridized carbons (Fsp3) is 0.750. The molecule has 0 aromatic heterocycles. The minimum atomic E-state index is -0.223. The topological polar surface area (TPSA) is 40.5 Å². The molecule has 4 atom stereocenters. The molecule has 1 rings (SSSR count). The fourth-order valence-electron chi connectivity index (χ4n) is 3.82. The fourth-order valence-corrected chi connectivity index (χ4v) is 3.82. The maximum atomic E-state index is 10.3. The largest absolute Gasteiger partial charge is 0.393 e. The summed E-state index contributed by atoms with van der Waals surface area (Å²) in [5, 5.41) is 20.5. The second-order valence-electron chi connectivity index (χ2n) is 7.25. The molecule has 2 N–H and O–H groups in total. The smallest absolute Gasteiger partial charge is 0.0574 e. The molecule has 0 bridgehead atoms. The van der Waals surface area contributed by atoms with Crippen LogP contribution < -0.4 is 0 Å². The van der Waals surface area contributed by atoms with Crippen LogP contribution in [0.4, 0.5) is 0 Å². The van der Waals surface area contributed by atoms with E-state index in [2.05, 4.69) is 38.7 Å². The minimum absolute atomic E-state index is 0.152. The van der Waals surface area contributed by atoms with Crippen molar-refractivity contribution in [3.63, 3.8) is 0 Å². The average molecular weight is 365 g/mol. The Hall–Kier alpha value is -0.860. The summed E-state index contributed by atoms with van der Waals surface area (Å²) in [7, 11) is 0. The predicted molar refractivity (Wildman–Crippen MR) is 115 cm³/mol. The van der Waals surface area contributed by atoms with Gasteiger partial charge in [-0.1, -0.05) is 70.6 Å². The van der Waals surface area contributed by atoms with Gasteiger partial charge in [0.2, 0.25) is 0 Å². The summed E-state index contributed by atoms with van der Waals surface area (Å²) >= 11 is 0. The van der Waals surface area contributed by atoms with Crippen molar-refractivity contribution in [2.75, 3.05) is 0 Å². The standard InChI is InChI=1S/C22H38O2.C2H6/c1-4-7-8-9-11-21-19(14-17-22(21)24)13-16-20(23)15-12-18(6-3)10-5-2;1-2/h5,8-10,19-24H,2,4,6-7,11-17H2,1,3H3;1-2H3/b9-8-,18-10+;/t19-,20-,21+,22-;/m0./s1. The van der Waals surface area contributed by atoms with Gasteiger partial charge in [-0.25, -0.2) is 0 Å². The molecular weight excluding hydrogens is 320 g/mol. The molecule has 0 aromatic rings. The average Bonchev–Trinajstić information content (AvgIpc) is 3.02. The first-order valence-electron chi connectivity index (χ1n) is 10.9. The van der Waals surface area contributed by atoms with Crippen molar-refractivity contribution < 1.29 is 10.2 Å². The summed E-state index contributed by atoms with van der Waals surface area (Å²) < 4.78 is 0. The minimum Gasteiger partial charge on any atom is -0.393 e. The van der Waals surface area contributed by atoms with Crippen molar-refractivity contribution in [3.05, 3.63) is 36.5 Å². The molecule has 0 spiro atoms. The maximum absolute atomic E-state index is 10.3. The molecule has 2 heteroatoms. The predicted octanol–water partition coefficient (Wildman–Crippen LogP) is 6.59. The van der Waals surface area contributed by atoms with Crippen LogP contribution in [0, 0.1) is 11.8 Å². The monoisotopic (exact) mass is 364 g/mol.